The van der Waals surface area contributed by atoms with E-state index in [1.807, 2.05) is 6.92 Å². The summed E-state index contributed by atoms with van der Waals surface area (Å²) in [5, 5.41) is 0. The van der Waals surface area contributed by atoms with E-state index < -0.39 is 12.3 Å². The van der Waals surface area contributed by atoms with E-state index in [1.165, 1.54) is 6.26 Å². The summed E-state index contributed by atoms with van der Waals surface area (Å²) in [6.45, 7) is 8.43. The molecule has 0 saturated carbocycles. The summed E-state index contributed by atoms with van der Waals surface area (Å²) >= 11 is 0. The smallest absolute Gasteiger partial charge is 0.333 e. The predicted octanol–water partition coefficient (Wildman–Crippen LogP) is 1.61. The zero-order valence-electron chi connectivity index (χ0n) is 6.58. The van der Waals surface area contributed by atoms with Gasteiger partial charge in [-0.25, -0.2) is 4.79 Å². The minimum absolute atomic E-state index is 0.487. The fraction of sp³-hybridized carbons (Fsp3) is 0.375. The van der Waals surface area contributed by atoms with Gasteiger partial charge in [0.2, 0.25) is 6.29 Å². The minimum Gasteiger partial charge on any atom is -0.463 e. The first-order valence-corrected chi connectivity index (χ1v) is 3.34. The van der Waals surface area contributed by atoms with Gasteiger partial charge in [0.05, 0.1) is 6.26 Å². The highest BCUT2D eigenvalue weighted by Gasteiger charge is 2.07. The third-order valence-electron chi connectivity index (χ3n) is 0.996. The Morgan fingerprint density at radius 2 is 2.27 bits per heavy atom. The Balaban J connectivity index is 3.75. The third-order valence-corrected chi connectivity index (χ3v) is 0.996. The second-order valence-corrected chi connectivity index (χ2v) is 1.78. The molecule has 0 aromatic rings. The van der Waals surface area contributed by atoms with E-state index in [0.29, 0.717) is 6.42 Å². The number of esters is 1. The molecule has 0 radical (unpaired) electrons. The van der Waals surface area contributed by atoms with Gasteiger partial charge < -0.3 is 9.47 Å². The van der Waals surface area contributed by atoms with Crippen LogP contribution in [0, 0.1) is 0 Å². The lowest BCUT2D eigenvalue weighted by atomic mass is 10.5. The molecule has 0 heterocycles. The van der Waals surface area contributed by atoms with E-state index in [0.717, 1.165) is 6.08 Å². The molecule has 3 nitrogen and oxygen atoms in total. The van der Waals surface area contributed by atoms with Crippen molar-refractivity contribution < 1.29 is 14.3 Å². The highest BCUT2D eigenvalue weighted by atomic mass is 16.7. The molecular weight excluding hydrogens is 144 g/mol. The van der Waals surface area contributed by atoms with Gasteiger partial charge in [0, 0.05) is 12.5 Å². The highest BCUT2D eigenvalue weighted by Crippen LogP contribution is 2.00. The lowest BCUT2D eigenvalue weighted by Gasteiger charge is -2.13. The number of rotatable bonds is 5. The van der Waals surface area contributed by atoms with Crippen molar-refractivity contribution in [1.29, 1.82) is 0 Å². The van der Waals surface area contributed by atoms with Crippen molar-refractivity contribution in [2.24, 2.45) is 0 Å². The van der Waals surface area contributed by atoms with Gasteiger partial charge in [-0.15, -0.1) is 0 Å². The Bertz CT molecular complexity index is 151. The molecule has 0 amide bonds. The van der Waals surface area contributed by atoms with Gasteiger partial charge in [0.1, 0.15) is 0 Å². The van der Waals surface area contributed by atoms with E-state index in [2.05, 4.69) is 13.2 Å². The van der Waals surface area contributed by atoms with Crippen LogP contribution in [0.5, 0.6) is 0 Å². The predicted molar refractivity (Wildman–Crippen MR) is 41.7 cm³/mol. The van der Waals surface area contributed by atoms with Crippen molar-refractivity contribution in [1.82, 2.24) is 0 Å². The fourth-order valence-corrected chi connectivity index (χ4v) is 0.492. The molecule has 3 heteroatoms. The topological polar surface area (TPSA) is 35.5 Å². The lowest BCUT2D eigenvalue weighted by Crippen LogP contribution is -2.16. The van der Waals surface area contributed by atoms with E-state index in [1.54, 1.807) is 0 Å². The first-order valence-electron chi connectivity index (χ1n) is 3.34. The Hall–Kier alpha value is -1.25. The molecule has 1 atom stereocenters. The van der Waals surface area contributed by atoms with Crippen molar-refractivity contribution in [3.8, 4) is 0 Å². The van der Waals surface area contributed by atoms with Crippen molar-refractivity contribution in [2.75, 3.05) is 0 Å². The fourth-order valence-electron chi connectivity index (χ4n) is 0.492. The lowest BCUT2D eigenvalue weighted by molar-refractivity contribution is -0.163. The first kappa shape index (κ1) is 9.75. The van der Waals surface area contributed by atoms with E-state index in [-0.39, 0.29) is 0 Å². The second-order valence-electron chi connectivity index (χ2n) is 1.78. The molecule has 0 fully saturated rings. The van der Waals surface area contributed by atoms with Gasteiger partial charge in [-0.3, -0.25) is 0 Å². The molecule has 0 aliphatic rings. The van der Waals surface area contributed by atoms with Crippen molar-refractivity contribution in [3.05, 3.63) is 25.5 Å². The molecule has 0 N–H and O–H groups in total. The standard InChI is InChI=1S/C8H12O3/c1-4-7(9)11-8(5-2)10-6-3/h4,6,8H,1,3,5H2,2H3. The van der Waals surface area contributed by atoms with Crippen LogP contribution in [0.4, 0.5) is 0 Å². The molecule has 0 saturated heterocycles. The monoisotopic (exact) mass is 156 g/mol. The van der Waals surface area contributed by atoms with Crippen molar-refractivity contribution in [3.63, 3.8) is 0 Å². The normalized spacial score (nSPS) is 11.4. The van der Waals surface area contributed by atoms with E-state index in [9.17, 15) is 4.79 Å². The number of hydrogen-bond acceptors (Lipinski definition) is 3. The summed E-state index contributed by atoms with van der Waals surface area (Å²) < 4.78 is 9.58. The first-order chi connectivity index (χ1) is 5.24. The van der Waals surface area contributed by atoms with Gasteiger partial charge in [0.15, 0.2) is 0 Å². The SMILES string of the molecule is C=COC(CC)OC(=O)C=C. The summed E-state index contributed by atoms with van der Waals surface area (Å²) in [7, 11) is 0. The van der Waals surface area contributed by atoms with Gasteiger partial charge >= 0.3 is 5.97 Å². The highest BCUT2D eigenvalue weighted by molar-refractivity contribution is 5.81. The Kier molecular flexibility index (Phi) is 4.90. The van der Waals surface area contributed by atoms with Gasteiger partial charge in [-0.1, -0.05) is 20.1 Å². The maximum Gasteiger partial charge on any atom is 0.333 e. The molecule has 0 rings (SSSR count). The Labute approximate surface area is 66.3 Å². The van der Waals surface area contributed by atoms with Crippen molar-refractivity contribution >= 4 is 5.97 Å². The summed E-state index contributed by atoms with van der Waals surface area (Å²) in [5.74, 6) is -0.487. The molecular formula is C8H12O3. The maximum absolute atomic E-state index is 10.6. The summed E-state index contributed by atoms with van der Waals surface area (Å²) in [6, 6.07) is 0. The van der Waals surface area contributed by atoms with Crippen LogP contribution in [0.15, 0.2) is 25.5 Å². The van der Waals surface area contributed by atoms with Crippen LogP contribution in [0.2, 0.25) is 0 Å². The zero-order valence-corrected chi connectivity index (χ0v) is 6.58. The molecule has 11 heavy (non-hydrogen) atoms. The van der Waals surface area contributed by atoms with Gasteiger partial charge in [-0.05, 0) is 0 Å². The molecule has 0 bridgehead atoms. The van der Waals surface area contributed by atoms with Gasteiger partial charge in [0.25, 0.3) is 0 Å². The molecule has 0 aromatic carbocycles. The Morgan fingerprint density at radius 3 is 2.64 bits per heavy atom. The van der Waals surface area contributed by atoms with E-state index >= 15 is 0 Å². The van der Waals surface area contributed by atoms with Gasteiger partial charge in [-0.2, -0.15) is 0 Å². The van der Waals surface area contributed by atoms with Crippen LogP contribution < -0.4 is 0 Å². The molecule has 0 aliphatic carbocycles. The number of carbonyl (C=O) groups excluding carboxylic acids is 1. The quantitative estimate of drug-likeness (QED) is 0.262. The van der Waals surface area contributed by atoms with Crippen LogP contribution in [-0.2, 0) is 14.3 Å². The summed E-state index contributed by atoms with van der Waals surface area (Å²) in [4.78, 5) is 10.6. The van der Waals surface area contributed by atoms with Crippen LogP contribution >= 0.6 is 0 Å². The number of carbonyl (C=O) groups is 1. The molecule has 0 aromatic heterocycles. The Morgan fingerprint density at radius 1 is 1.64 bits per heavy atom. The minimum atomic E-state index is -0.544. The van der Waals surface area contributed by atoms with E-state index in [4.69, 9.17) is 9.47 Å². The van der Waals surface area contributed by atoms with Crippen LogP contribution in [0.1, 0.15) is 13.3 Å². The average Bonchev–Trinajstić information content (AvgIpc) is 2.03. The number of ether oxygens (including phenoxy) is 2. The van der Waals surface area contributed by atoms with Crippen LogP contribution in [-0.4, -0.2) is 12.3 Å². The largest absolute Gasteiger partial charge is 0.463 e. The van der Waals surface area contributed by atoms with Crippen molar-refractivity contribution in [2.45, 2.75) is 19.6 Å². The average molecular weight is 156 g/mol. The zero-order chi connectivity index (χ0) is 8.69. The summed E-state index contributed by atoms with van der Waals surface area (Å²) in [5.41, 5.74) is 0. The molecule has 62 valence electrons. The summed E-state index contributed by atoms with van der Waals surface area (Å²) in [6.07, 6.45) is 2.38. The third kappa shape index (κ3) is 4.19. The molecule has 0 spiro atoms. The molecule has 0 aliphatic heterocycles. The number of hydrogen-bond donors (Lipinski definition) is 0. The maximum atomic E-state index is 10.6. The molecule has 1 unspecified atom stereocenters. The van der Waals surface area contributed by atoms with Crippen LogP contribution in [0.25, 0.3) is 0 Å². The second kappa shape index (κ2) is 5.53. The van der Waals surface area contributed by atoms with Crippen LogP contribution in [0.3, 0.4) is 0 Å².